The van der Waals surface area contributed by atoms with Gasteiger partial charge < -0.3 is 10.4 Å². The average Bonchev–Trinajstić information content (AvgIpc) is 2.70. The summed E-state index contributed by atoms with van der Waals surface area (Å²) in [5.41, 5.74) is 4.52. The molecule has 0 radical (unpaired) electrons. The summed E-state index contributed by atoms with van der Waals surface area (Å²) in [4.78, 5) is 11.6. The highest BCUT2D eigenvalue weighted by Gasteiger charge is 2.88. The quantitative estimate of drug-likeness (QED) is 0.777. The zero-order valence-electron chi connectivity index (χ0n) is 17.4. The molecule has 1 aromatic carbocycles. The van der Waals surface area contributed by atoms with Crippen LogP contribution in [0.15, 0.2) is 36.7 Å². The minimum absolute atomic E-state index is 0.232. The van der Waals surface area contributed by atoms with Crippen molar-refractivity contribution >= 4 is 5.82 Å². The molecule has 0 saturated heterocycles. The minimum Gasteiger partial charge on any atom is -0.391 e. The maximum absolute atomic E-state index is 11.2. The van der Waals surface area contributed by atoms with E-state index >= 15 is 0 Å². The highest BCUT2D eigenvalue weighted by molar-refractivity contribution is 5.47. The Morgan fingerprint density at radius 1 is 1.10 bits per heavy atom. The van der Waals surface area contributed by atoms with E-state index in [4.69, 9.17) is 0 Å². The molecule has 2 aromatic rings. The fourth-order valence-corrected chi connectivity index (χ4v) is 8.51. The van der Waals surface area contributed by atoms with Crippen LogP contribution in [0, 0.1) is 28.6 Å². The topological polar surface area (TPSA) is 61.3 Å². The van der Waals surface area contributed by atoms with Gasteiger partial charge in [0.05, 0.1) is 11.8 Å². The van der Waals surface area contributed by atoms with Crippen LogP contribution >= 0.6 is 0 Å². The van der Waals surface area contributed by atoms with Crippen molar-refractivity contribution < 1.29 is 5.11 Å². The molecule has 30 heavy (non-hydrogen) atoms. The van der Waals surface area contributed by atoms with Crippen LogP contribution in [0.2, 0.25) is 0 Å². The van der Waals surface area contributed by atoms with Crippen LogP contribution in [0.3, 0.4) is 0 Å². The Morgan fingerprint density at radius 2 is 1.90 bits per heavy atom. The van der Waals surface area contributed by atoms with Crippen molar-refractivity contribution in [2.45, 2.75) is 51.3 Å². The minimum atomic E-state index is -0.239. The summed E-state index contributed by atoms with van der Waals surface area (Å²) in [7, 11) is 0. The molecule has 2 heterocycles. The van der Waals surface area contributed by atoms with Gasteiger partial charge in [0.25, 0.3) is 0 Å². The zero-order chi connectivity index (χ0) is 19.9. The lowest BCUT2D eigenvalue weighted by Gasteiger charge is -2.92. The van der Waals surface area contributed by atoms with Crippen molar-refractivity contribution in [1.82, 2.24) is 14.9 Å². The van der Waals surface area contributed by atoms with E-state index in [0.29, 0.717) is 12.0 Å². The molecule has 2 N–H and O–H groups in total. The van der Waals surface area contributed by atoms with Gasteiger partial charge in [-0.1, -0.05) is 30.3 Å². The molecular formula is C25H30N4O. The number of hydrogen-bond acceptors (Lipinski definition) is 5. The third-order valence-corrected chi connectivity index (χ3v) is 9.68. The first-order valence-electron chi connectivity index (χ1n) is 11.7. The monoisotopic (exact) mass is 402 g/mol. The second-order valence-electron chi connectivity index (χ2n) is 10.6. The Labute approximate surface area is 177 Å². The summed E-state index contributed by atoms with van der Waals surface area (Å²) in [6.45, 7) is 3.47. The summed E-state index contributed by atoms with van der Waals surface area (Å²) in [6, 6.07) is 10.6. The lowest BCUT2D eigenvalue weighted by atomic mass is 9.12. The molecule has 4 saturated carbocycles. The zero-order valence-corrected chi connectivity index (χ0v) is 17.4. The number of fused-ring (bicyclic) bond motifs is 1. The third kappa shape index (κ3) is 2.06. The summed E-state index contributed by atoms with van der Waals surface area (Å²) in [5, 5.41) is 14.7. The van der Waals surface area contributed by atoms with E-state index in [-0.39, 0.29) is 11.5 Å². The van der Waals surface area contributed by atoms with Crippen molar-refractivity contribution in [2.75, 3.05) is 18.4 Å². The Balaban J connectivity index is 1.03. The Kier molecular flexibility index (Phi) is 3.56. The molecule has 1 spiro atoms. The second kappa shape index (κ2) is 6.04. The molecule has 1 aromatic heterocycles. The number of nitrogens with one attached hydrogen (secondary N) is 1. The first-order chi connectivity index (χ1) is 14.7. The lowest BCUT2D eigenvalue weighted by molar-refractivity contribution is -0.450. The highest BCUT2D eigenvalue weighted by Crippen LogP contribution is 2.93. The predicted octanol–water partition coefficient (Wildman–Crippen LogP) is 3.24. The van der Waals surface area contributed by atoms with Gasteiger partial charge in [-0.05, 0) is 60.8 Å². The Bertz CT molecular complexity index is 966. The number of benzene rings is 1. The van der Waals surface area contributed by atoms with Crippen LogP contribution in [-0.4, -0.2) is 39.2 Å². The summed E-state index contributed by atoms with van der Waals surface area (Å²) in [6.07, 6.45) is 7.82. The largest absolute Gasteiger partial charge is 0.391 e. The van der Waals surface area contributed by atoms with Crippen molar-refractivity contribution in [3.63, 3.8) is 0 Å². The van der Waals surface area contributed by atoms with E-state index in [9.17, 15) is 5.11 Å². The van der Waals surface area contributed by atoms with Crippen molar-refractivity contribution in [3.05, 3.63) is 53.5 Å². The standard InChI is InChI=1S/C25H30N4O/c30-22(24-10-18-8-17-9-19(11-24)25(17,18)24)12-26-23-20-6-7-29(14-21(20)27-15-28-23)13-16-4-2-1-3-5-16/h1-5,15,17-19,22,30H,6-14H2,(H,26,27,28). The molecule has 7 rings (SSSR count). The number of anilines is 1. The van der Waals surface area contributed by atoms with Crippen LogP contribution in [0.5, 0.6) is 0 Å². The molecule has 0 bridgehead atoms. The number of hydrogen-bond donors (Lipinski definition) is 2. The molecule has 0 amide bonds. The van der Waals surface area contributed by atoms with Crippen molar-refractivity contribution in [2.24, 2.45) is 28.6 Å². The van der Waals surface area contributed by atoms with Crippen LogP contribution < -0.4 is 5.32 Å². The maximum atomic E-state index is 11.2. The van der Waals surface area contributed by atoms with Crippen LogP contribution in [-0.2, 0) is 19.5 Å². The number of aromatic nitrogens is 2. The van der Waals surface area contributed by atoms with E-state index in [2.05, 4.69) is 50.5 Å². The first-order valence-corrected chi connectivity index (χ1v) is 11.7. The predicted molar refractivity (Wildman–Crippen MR) is 115 cm³/mol. The van der Waals surface area contributed by atoms with Gasteiger partial charge >= 0.3 is 0 Å². The molecule has 1 aliphatic heterocycles. The second-order valence-corrected chi connectivity index (χ2v) is 10.6. The van der Waals surface area contributed by atoms with Crippen LogP contribution in [0.1, 0.15) is 42.5 Å². The number of aliphatic hydroxyl groups excluding tert-OH is 1. The molecule has 5 aliphatic rings. The SMILES string of the molecule is OC(CNc1ncnc2c1CCN(Cc1ccccc1)C2)C12CC3CC4CC(C1)C432. The maximum Gasteiger partial charge on any atom is 0.133 e. The summed E-state index contributed by atoms with van der Waals surface area (Å²) < 4.78 is 0. The fraction of sp³-hybridized carbons (Fsp3) is 0.600. The Morgan fingerprint density at radius 3 is 2.63 bits per heavy atom. The van der Waals surface area contributed by atoms with Gasteiger partial charge in [0.1, 0.15) is 12.1 Å². The lowest BCUT2D eigenvalue weighted by Crippen LogP contribution is -2.88. The molecule has 5 heteroatoms. The Hall–Kier alpha value is -1.98. The first kappa shape index (κ1) is 17.7. The van der Waals surface area contributed by atoms with E-state index in [1.165, 1.54) is 36.8 Å². The van der Waals surface area contributed by atoms with E-state index in [1.807, 2.05) is 0 Å². The molecule has 3 unspecified atom stereocenters. The van der Waals surface area contributed by atoms with Gasteiger partial charge in [0.15, 0.2) is 0 Å². The number of aliphatic hydroxyl groups is 1. The van der Waals surface area contributed by atoms with E-state index in [1.54, 1.807) is 6.33 Å². The summed E-state index contributed by atoms with van der Waals surface area (Å²) in [5.74, 6) is 3.75. The molecular weight excluding hydrogens is 372 g/mol. The van der Waals surface area contributed by atoms with Gasteiger partial charge in [-0.2, -0.15) is 0 Å². The number of rotatable bonds is 6. The highest BCUT2D eigenvalue weighted by atomic mass is 16.3. The molecule has 5 nitrogen and oxygen atoms in total. The molecule has 4 fully saturated rings. The normalized spacial score (nSPS) is 38.5. The molecule has 156 valence electrons. The third-order valence-electron chi connectivity index (χ3n) is 9.68. The van der Waals surface area contributed by atoms with Gasteiger partial charge in [0.2, 0.25) is 0 Å². The molecule has 4 aliphatic carbocycles. The van der Waals surface area contributed by atoms with Gasteiger partial charge in [0, 0.05) is 37.2 Å². The van der Waals surface area contributed by atoms with Crippen molar-refractivity contribution in [1.29, 1.82) is 0 Å². The van der Waals surface area contributed by atoms with Gasteiger partial charge in [-0.25, -0.2) is 9.97 Å². The fourth-order valence-electron chi connectivity index (χ4n) is 8.51. The molecule has 3 atom stereocenters. The van der Waals surface area contributed by atoms with Crippen LogP contribution in [0.25, 0.3) is 0 Å². The number of nitrogens with zero attached hydrogens (tertiary/aromatic N) is 3. The van der Waals surface area contributed by atoms with E-state index in [0.717, 1.165) is 55.3 Å². The van der Waals surface area contributed by atoms with E-state index < -0.39 is 0 Å². The smallest absolute Gasteiger partial charge is 0.133 e. The van der Waals surface area contributed by atoms with Gasteiger partial charge in [-0.15, -0.1) is 0 Å². The van der Waals surface area contributed by atoms with Gasteiger partial charge in [-0.3, -0.25) is 4.90 Å². The van der Waals surface area contributed by atoms with Crippen LogP contribution in [0.4, 0.5) is 5.82 Å². The average molecular weight is 403 g/mol. The van der Waals surface area contributed by atoms with Crippen molar-refractivity contribution in [3.8, 4) is 0 Å². The summed E-state index contributed by atoms with van der Waals surface area (Å²) >= 11 is 0.